The maximum absolute atomic E-state index is 10.1. The molecule has 0 aliphatic heterocycles. The first-order valence-electron chi connectivity index (χ1n) is 17.0. The third-order valence-electron chi connectivity index (χ3n) is 10.2. The van der Waals surface area contributed by atoms with Crippen molar-refractivity contribution in [3.05, 3.63) is 166 Å². The SMILES string of the molecule is N#Cc1ccc(C2=CCCC=C2c2cccc(Cn3c4ccccc4c4cccc(C#N)c43)c2)c(-n2c3c(c4ccccc42)C=CCC3)c1. The molecule has 2 aliphatic carbocycles. The second kappa shape index (κ2) is 11.7. The molecule has 2 heterocycles. The van der Waals surface area contributed by atoms with E-state index in [1.165, 1.54) is 44.4 Å². The van der Waals surface area contributed by atoms with Crippen molar-refractivity contribution in [3.8, 4) is 17.8 Å². The lowest BCUT2D eigenvalue weighted by Gasteiger charge is -2.23. The number of hydrogen-bond donors (Lipinski definition) is 0. The van der Waals surface area contributed by atoms with E-state index in [4.69, 9.17) is 0 Å². The molecule has 9 rings (SSSR count). The second-order valence-corrected chi connectivity index (χ2v) is 12.9. The normalized spacial score (nSPS) is 14.0. The summed E-state index contributed by atoms with van der Waals surface area (Å²) in [6, 6.07) is 42.9. The molecule has 4 nitrogen and oxygen atoms in total. The first-order chi connectivity index (χ1) is 24.2. The number of aromatic nitrogens is 2. The van der Waals surface area contributed by atoms with Crippen LogP contribution in [-0.2, 0) is 13.0 Å². The summed E-state index contributed by atoms with van der Waals surface area (Å²) in [7, 11) is 0. The predicted molar refractivity (Wildman–Crippen MR) is 200 cm³/mol. The van der Waals surface area contributed by atoms with Crippen LogP contribution < -0.4 is 0 Å². The quantitative estimate of drug-likeness (QED) is 0.190. The highest BCUT2D eigenvalue weighted by molar-refractivity contribution is 6.10. The van der Waals surface area contributed by atoms with Gasteiger partial charge in [0, 0.05) is 45.0 Å². The number of nitriles is 2. The molecule has 0 radical (unpaired) electrons. The van der Waals surface area contributed by atoms with Gasteiger partial charge in [-0.3, -0.25) is 0 Å². The maximum atomic E-state index is 10.1. The van der Waals surface area contributed by atoms with Gasteiger partial charge >= 0.3 is 0 Å². The van der Waals surface area contributed by atoms with E-state index in [2.05, 4.69) is 137 Å². The number of para-hydroxylation sites is 3. The Morgan fingerprint density at radius 3 is 2.29 bits per heavy atom. The van der Waals surface area contributed by atoms with Crippen LogP contribution >= 0.6 is 0 Å². The van der Waals surface area contributed by atoms with E-state index in [-0.39, 0.29) is 0 Å². The highest BCUT2D eigenvalue weighted by Crippen LogP contribution is 2.42. The zero-order valence-electron chi connectivity index (χ0n) is 27.0. The predicted octanol–water partition coefficient (Wildman–Crippen LogP) is 10.8. The Balaban J connectivity index is 1.17. The van der Waals surface area contributed by atoms with Crippen LogP contribution in [-0.4, -0.2) is 9.13 Å². The van der Waals surface area contributed by atoms with Crippen molar-refractivity contribution in [2.24, 2.45) is 0 Å². The number of nitrogens with zero attached hydrogens (tertiary/aromatic N) is 4. The molecule has 2 aromatic heterocycles. The molecule has 0 fully saturated rings. The smallest absolute Gasteiger partial charge is 0.101 e. The minimum atomic E-state index is 0.653. The van der Waals surface area contributed by atoms with Crippen molar-refractivity contribution in [3.63, 3.8) is 0 Å². The molecule has 0 N–H and O–H groups in total. The van der Waals surface area contributed by atoms with Gasteiger partial charge in [0.2, 0.25) is 0 Å². The first-order valence-corrected chi connectivity index (χ1v) is 17.0. The fourth-order valence-electron chi connectivity index (χ4n) is 8.05. The fourth-order valence-corrected chi connectivity index (χ4v) is 8.05. The van der Waals surface area contributed by atoms with Gasteiger partial charge in [-0.15, -0.1) is 0 Å². The van der Waals surface area contributed by atoms with Crippen molar-refractivity contribution in [2.45, 2.75) is 32.2 Å². The van der Waals surface area contributed by atoms with Gasteiger partial charge in [0.15, 0.2) is 0 Å². The summed E-state index contributed by atoms with van der Waals surface area (Å²) in [5.41, 5.74) is 14.1. The second-order valence-electron chi connectivity index (χ2n) is 12.9. The number of rotatable bonds is 5. The molecule has 0 amide bonds. The van der Waals surface area contributed by atoms with Crippen LogP contribution in [0.5, 0.6) is 0 Å². The average molecular weight is 629 g/mol. The van der Waals surface area contributed by atoms with Crippen molar-refractivity contribution in [2.75, 3.05) is 0 Å². The lowest BCUT2D eigenvalue weighted by atomic mass is 9.85. The topological polar surface area (TPSA) is 57.4 Å². The standard InChI is InChI=1S/C45H32N4/c46-27-30-23-24-39(44(26-30)49-42-21-7-4-16-36(42)37-17-5-8-22-43(37)49)35-15-2-1-14-34(35)32-12-9-11-31(25-32)29-48-41-20-6-3-18-38(41)40-19-10-13-33(28-47)45(40)48/h3-7,9-21,23-26H,1-2,8,22,29H2. The molecule has 0 saturated carbocycles. The minimum Gasteiger partial charge on any atom is -0.335 e. The molecule has 0 saturated heterocycles. The summed E-state index contributed by atoms with van der Waals surface area (Å²) in [6.45, 7) is 0.653. The number of benzene rings is 5. The summed E-state index contributed by atoms with van der Waals surface area (Å²) in [6.07, 6.45) is 13.2. The van der Waals surface area contributed by atoms with E-state index >= 15 is 0 Å². The van der Waals surface area contributed by atoms with Crippen LogP contribution in [0.15, 0.2) is 127 Å². The molecular weight excluding hydrogens is 597 g/mol. The zero-order chi connectivity index (χ0) is 32.9. The van der Waals surface area contributed by atoms with Crippen LogP contribution in [0.3, 0.4) is 0 Å². The van der Waals surface area contributed by atoms with Gasteiger partial charge in [0.05, 0.1) is 33.9 Å². The van der Waals surface area contributed by atoms with Crippen molar-refractivity contribution >= 4 is 49.9 Å². The number of hydrogen-bond acceptors (Lipinski definition) is 2. The highest BCUT2D eigenvalue weighted by atomic mass is 15.0. The molecule has 232 valence electrons. The van der Waals surface area contributed by atoms with E-state index in [9.17, 15) is 10.5 Å². The monoisotopic (exact) mass is 628 g/mol. The molecular formula is C45H32N4. The van der Waals surface area contributed by atoms with E-state index < -0.39 is 0 Å². The third kappa shape index (κ3) is 4.65. The largest absolute Gasteiger partial charge is 0.335 e. The Hall–Kier alpha value is -6.36. The van der Waals surface area contributed by atoms with E-state index in [0.717, 1.165) is 58.7 Å². The van der Waals surface area contributed by atoms with Gasteiger partial charge < -0.3 is 9.13 Å². The van der Waals surface area contributed by atoms with Gasteiger partial charge in [0.25, 0.3) is 0 Å². The summed E-state index contributed by atoms with van der Waals surface area (Å²) >= 11 is 0. The fraction of sp³-hybridized carbons (Fsp3) is 0.111. The Morgan fingerprint density at radius 1 is 0.653 bits per heavy atom. The molecule has 0 atom stereocenters. The Labute approximate surface area is 285 Å². The lowest BCUT2D eigenvalue weighted by molar-refractivity contribution is 0.867. The number of fused-ring (bicyclic) bond motifs is 6. The van der Waals surface area contributed by atoms with Crippen molar-refractivity contribution in [1.82, 2.24) is 9.13 Å². The van der Waals surface area contributed by atoms with Gasteiger partial charge in [-0.1, -0.05) is 97.1 Å². The molecule has 49 heavy (non-hydrogen) atoms. The lowest BCUT2D eigenvalue weighted by Crippen LogP contribution is -2.08. The molecule has 0 unspecified atom stereocenters. The van der Waals surface area contributed by atoms with Gasteiger partial charge in [0.1, 0.15) is 6.07 Å². The number of allylic oxidation sites excluding steroid dienone is 5. The van der Waals surface area contributed by atoms with E-state index in [1.807, 2.05) is 18.2 Å². The molecule has 0 spiro atoms. The molecule has 7 aromatic rings. The molecule has 4 heteroatoms. The van der Waals surface area contributed by atoms with Crippen LogP contribution in [0.25, 0.3) is 55.6 Å². The first kappa shape index (κ1) is 28.8. The minimum absolute atomic E-state index is 0.653. The van der Waals surface area contributed by atoms with E-state index in [0.29, 0.717) is 17.7 Å². The zero-order valence-corrected chi connectivity index (χ0v) is 27.0. The molecule has 2 aliphatic rings. The Bertz CT molecular complexity index is 2660. The van der Waals surface area contributed by atoms with Gasteiger partial charge in [-0.2, -0.15) is 10.5 Å². The van der Waals surface area contributed by atoms with Crippen LogP contribution in [0.4, 0.5) is 0 Å². The van der Waals surface area contributed by atoms with Crippen LogP contribution in [0, 0.1) is 22.7 Å². The van der Waals surface area contributed by atoms with Crippen LogP contribution in [0.2, 0.25) is 0 Å². The van der Waals surface area contributed by atoms with E-state index in [1.54, 1.807) is 0 Å². The Kier molecular flexibility index (Phi) is 6.89. The summed E-state index contributed by atoms with van der Waals surface area (Å²) in [5, 5.41) is 23.6. The van der Waals surface area contributed by atoms with Crippen molar-refractivity contribution < 1.29 is 0 Å². The van der Waals surface area contributed by atoms with Gasteiger partial charge in [-0.25, -0.2) is 0 Å². The highest BCUT2D eigenvalue weighted by Gasteiger charge is 2.24. The average Bonchev–Trinajstić information content (AvgIpc) is 3.67. The third-order valence-corrected chi connectivity index (χ3v) is 10.2. The molecule has 5 aromatic carbocycles. The van der Waals surface area contributed by atoms with Crippen molar-refractivity contribution in [1.29, 1.82) is 10.5 Å². The summed E-state index contributed by atoms with van der Waals surface area (Å²) in [4.78, 5) is 0. The molecule has 0 bridgehead atoms. The summed E-state index contributed by atoms with van der Waals surface area (Å²) < 4.78 is 4.70. The summed E-state index contributed by atoms with van der Waals surface area (Å²) in [5.74, 6) is 0. The van der Waals surface area contributed by atoms with Gasteiger partial charge in [-0.05, 0) is 84.4 Å². The van der Waals surface area contributed by atoms with Crippen LogP contribution in [0.1, 0.15) is 58.3 Å². The Morgan fingerprint density at radius 2 is 1.43 bits per heavy atom. The maximum Gasteiger partial charge on any atom is 0.101 e.